The average Bonchev–Trinajstić information content (AvgIpc) is 3.11. The highest BCUT2D eigenvalue weighted by Crippen LogP contribution is 2.29. The molecule has 3 heterocycles. The van der Waals surface area contributed by atoms with Crippen LogP contribution in [0.4, 0.5) is 4.79 Å². The first-order chi connectivity index (χ1) is 22.1. The first-order valence-corrected chi connectivity index (χ1v) is 15.2. The van der Waals surface area contributed by atoms with E-state index in [0.717, 1.165) is 61.2 Å². The number of hydrogen-bond acceptors (Lipinski definition) is 7. The molecule has 234 valence electrons. The van der Waals surface area contributed by atoms with Gasteiger partial charge in [-0.1, -0.05) is 78.9 Å². The summed E-state index contributed by atoms with van der Waals surface area (Å²) in [5.41, 5.74) is 3.86. The third-order valence-corrected chi connectivity index (χ3v) is 7.93. The number of aldehydes is 1. The van der Waals surface area contributed by atoms with Gasteiger partial charge in [-0.15, -0.1) is 0 Å². The second-order valence-corrected chi connectivity index (χ2v) is 11.2. The fourth-order valence-electron chi connectivity index (χ4n) is 5.40. The van der Waals surface area contributed by atoms with E-state index in [-0.39, 0.29) is 20.2 Å². The summed E-state index contributed by atoms with van der Waals surface area (Å²) in [5.74, 6) is 0.957. The molecule has 2 bridgehead atoms. The Hall–Kier alpha value is -4.95. The van der Waals surface area contributed by atoms with Crippen molar-refractivity contribution in [3.05, 3.63) is 137 Å². The monoisotopic (exact) mass is 608 g/mol. The molecule has 3 saturated heterocycles. The number of ether oxygens (including phenoxy) is 3. The maximum Gasteiger partial charge on any atom is 0.407 e. The van der Waals surface area contributed by atoms with Crippen LogP contribution in [0.25, 0.3) is 0 Å². The zero-order valence-electron chi connectivity index (χ0n) is 25.2. The minimum atomic E-state index is -0.406. The van der Waals surface area contributed by atoms with Gasteiger partial charge in [0.2, 0.25) is 0 Å². The number of nitrogens with zero attached hydrogens (tertiary/aromatic N) is 1. The lowest BCUT2D eigenvalue weighted by molar-refractivity contribution is -0.0332. The van der Waals surface area contributed by atoms with Gasteiger partial charge >= 0.3 is 12.1 Å². The first kappa shape index (κ1) is 31.5. The molecular formula is C37H40N2O6. The van der Waals surface area contributed by atoms with E-state index in [0.29, 0.717) is 30.2 Å². The Labute approximate surface area is 265 Å². The van der Waals surface area contributed by atoms with Gasteiger partial charge in [0.1, 0.15) is 31.4 Å². The van der Waals surface area contributed by atoms with E-state index in [2.05, 4.69) is 10.2 Å². The standard InChI is InChI=1S/C22H18O4.C15H20N2O2.H2/c23-14-18-5-4-6-19(13-18)16-26-22(24)20-11-9-17(10-12-20)15-25-21-7-2-1-3-8-21;18-15(16-10-12-4-2-1-3-5-12)19-14-11-17-8-6-13(14)7-9-17;/h1-14H,15-16H2;1-5,13-14H,6-11H2,(H,16,18);1H/t;14-;/m.0./s1. The maximum absolute atomic E-state index is 12.1. The quantitative estimate of drug-likeness (QED) is 0.158. The Bertz CT molecular complexity index is 1530. The zero-order chi connectivity index (χ0) is 31.3. The first-order valence-electron chi connectivity index (χ1n) is 15.2. The van der Waals surface area contributed by atoms with Crippen molar-refractivity contribution < 1.29 is 30.0 Å². The summed E-state index contributed by atoms with van der Waals surface area (Å²) in [4.78, 5) is 37.1. The van der Waals surface area contributed by atoms with Gasteiger partial charge in [0, 0.05) is 20.1 Å². The molecule has 0 aromatic heterocycles. The van der Waals surface area contributed by atoms with Crippen LogP contribution in [0.15, 0.2) is 109 Å². The molecule has 3 aliphatic rings. The Morgan fingerprint density at radius 2 is 1.49 bits per heavy atom. The molecule has 0 spiro atoms. The van der Waals surface area contributed by atoms with Crippen molar-refractivity contribution in [2.24, 2.45) is 5.92 Å². The van der Waals surface area contributed by atoms with E-state index in [4.69, 9.17) is 14.2 Å². The van der Waals surface area contributed by atoms with Crippen molar-refractivity contribution in [1.29, 1.82) is 0 Å². The van der Waals surface area contributed by atoms with E-state index >= 15 is 0 Å². The number of rotatable bonds is 10. The van der Waals surface area contributed by atoms with Crippen LogP contribution in [-0.2, 0) is 29.2 Å². The number of esters is 1. The summed E-state index contributed by atoms with van der Waals surface area (Å²) in [7, 11) is 0. The lowest BCUT2D eigenvalue weighted by Gasteiger charge is -2.43. The molecule has 3 fully saturated rings. The molecule has 8 nitrogen and oxygen atoms in total. The molecule has 3 aliphatic heterocycles. The topological polar surface area (TPSA) is 94.2 Å². The fraction of sp³-hybridized carbons (Fsp3) is 0.270. The number of alkyl carbamates (subject to hydrolysis) is 1. The Morgan fingerprint density at radius 1 is 0.800 bits per heavy atom. The van der Waals surface area contributed by atoms with E-state index < -0.39 is 5.97 Å². The predicted octanol–water partition coefficient (Wildman–Crippen LogP) is 6.69. The normalized spacial score (nSPS) is 18.1. The summed E-state index contributed by atoms with van der Waals surface area (Å²) < 4.78 is 16.5. The number of amides is 1. The van der Waals surface area contributed by atoms with Gasteiger partial charge in [0.15, 0.2) is 0 Å². The number of piperidine rings is 3. The van der Waals surface area contributed by atoms with Gasteiger partial charge in [0.05, 0.1) is 5.56 Å². The van der Waals surface area contributed by atoms with E-state index in [1.54, 1.807) is 30.3 Å². The minimum Gasteiger partial charge on any atom is -0.489 e. The molecule has 0 unspecified atom stereocenters. The molecule has 1 atom stereocenters. The Morgan fingerprint density at radius 3 is 2.16 bits per heavy atom. The molecular weight excluding hydrogens is 568 g/mol. The fourth-order valence-corrected chi connectivity index (χ4v) is 5.40. The third kappa shape index (κ3) is 9.78. The molecule has 45 heavy (non-hydrogen) atoms. The summed E-state index contributed by atoms with van der Waals surface area (Å²) in [6, 6.07) is 33.5. The van der Waals surface area contributed by atoms with Crippen LogP contribution >= 0.6 is 0 Å². The second kappa shape index (κ2) is 16.2. The van der Waals surface area contributed by atoms with Crippen molar-refractivity contribution in [3.8, 4) is 5.75 Å². The van der Waals surface area contributed by atoms with Gasteiger partial charge in [-0.25, -0.2) is 9.59 Å². The zero-order valence-corrected chi connectivity index (χ0v) is 25.2. The second-order valence-electron chi connectivity index (χ2n) is 11.2. The number of nitrogens with one attached hydrogen (secondary N) is 1. The molecule has 4 aromatic carbocycles. The highest BCUT2D eigenvalue weighted by Gasteiger charge is 2.36. The van der Waals surface area contributed by atoms with Crippen LogP contribution in [0.3, 0.4) is 0 Å². The van der Waals surface area contributed by atoms with E-state index in [1.807, 2.05) is 78.9 Å². The summed E-state index contributed by atoms with van der Waals surface area (Å²) in [6.07, 6.45) is 2.88. The lowest BCUT2D eigenvalue weighted by atomic mass is 9.86. The van der Waals surface area contributed by atoms with Crippen molar-refractivity contribution in [2.45, 2.75) is 38.7 Å². The predicted molar refractivity (Wildman–Crippen MR) is 173 cm³/mol. The van der Waals surface area contributed by atoms with Crippen LogP contribution in [0.1, 0.15) is 51.7 Å². The highest BCUT2D eigenvalue weighted by atomic mass is 16.6. The van der Waals surface area contributed by atoms with Crippen molar-refractivity contribution in [2.75, 3.05) is 19.6 Å². The van der Waals surface area contributed by atoms with Crippen LogP contribution < -0.4 is 10.1 Å². The van der Waals surface area contributed by atoms with Crippen LogP contribution in [0, 0.1) is 5.92 Å². The smallest absolute Gasteiger partial charge is 0.407 e. The number of hydrogen-bond donors (Lipinski definition) is 1. The van der Waals surface area contributed by atoms with Crippen molar-refractivity contribution in [3.63, 3.8) is 0 Å². The van der Waals surface area contributed by atoms with Crippen LogP contribution in [-0.4, -0.2) is 49.0 Å². The number of para-hydroxylation sites is 1. The maximum atomic E-state index is 12.1. The van der Waals surface area contributed by atoms with Gasteiger partial charge in [0.25, 0.3) is 0 Å². The van der Waals surface area contributed by atoms with E-state index in [1.165, 1.54) is 0 Å². The number of carbonyl (C=O) groups excluding carboxylic acids is 3. The number of carbonyl (C=O) groups is 3. The molecule has 0 radical (unpaired) electrons. The lowest BCUT2D eigenvalue weighted by Crippen LogP contribution is -2.52. The molecule has 4 aromatic rings. The van der Waals surface area contributed by atoms with Crippen molar-refractivity contribution in [1.82, 2.24) is 10.2 Å². The third-order valence-electron chi connectivity index (χ3n) is 7.93. The van der Waals surface area contributed by atoms with E-state index in [9.17, 15) is 14.4 Å². The molecule has 7 rings (SSSR count). The summed E-state index contributed by atoms with van der Waals surface area (Å²) in [5, 5.41) is 2.83. The molecule has 0 aliphatic carbocycles. The highest BCUT2D eigenvalue weighted by molar-refractivity contribution is 5.89. The number of benzene rings is 4. The minimum absolute atomic E-state index is 0. The molecule has 1 amide bonds. The van der Waals surface area contributed by atoms with Gasteiger partial charge in [-0.05, 0) is 78.9 Å². The largest absolute Gasteiger partial charge is 0.489 e. The summed E-state index contributed by atoms with van der Waals surface area (Å²) >= 11 is 0. The average molecular weight is 609 g/mol. The Balaban J connectivity index is 0.000000213. The Kier molecular flexibility index (Phi) is 11.3. The number of fused-ring (bicyclic) bond motifs is 3. The molecule has 1 N–H and O–H groups in total. The summed E-state index contributed by atoms with van der Waals surface area (Å²) in [6.45, 7) is 4.31. The van der Waals surface area contributed by atoms with Crippen LogP contribution in [0.2, 0.25) is 0 Å². The SMILES string of the molecule is O=C(NCc1ccccc1)O[C@H]1CN2CCC1CC2.O=Cc1cccc(COC(=O)c2ccc(COc3ccccc3)cc2)c1.[HH]. The molecule has 0 saturated carbocycles. The molecule has 8 heteroatoms. The van der Waals surface area contributed by atoms with Crippen molar-refractivity contribution >= 4 is 18.3 Å². The van der Waals surface area contributed by atoms with Crippen LogP contribution in [0.5, 0.6) is 5.75 Å². The van der Waals surface area contributed by atoms with Gasteiger partial charge in [-0.2, -0.15) is 0 Å². The van der Waals surface area contributed by atoms with Gasteiger partial charge < -0.3 is 19.5 Å². The van der Waals surface area contributed by atoms with Gasteiger partial charge in [-0.3, -0.25) is 9.69 Å².